The zero-order valence-corrected chi connectivity index (χ0v) is 8.75. The van der Waals surface area contributed by atoms with Crippen LogP contribution in [0.25, 0.3) is 0 Å². The molecule has 82 valence electrons. The Morgan fingerprint density at radius 1 is 1.27 bits per heavy atom. The highest BCUT2D eigenvalue weighted by Crippen LogP contribution is 2.22. The summed E-state index contributed by atoms with van der Waals surface area (Å²) < 4.78 is 13.3. The maximum Gasteiger partial charge on any atom is 0.146 e. The molecule has 15 heavy (non-hydrogen) atoms. The molecule has 1 aliphatic carbocycles. The van der Waals surface area contributed by atoms with E-state index in [-0.39, 0.29) is 11.9 Å². The van der Waals surface area contributed by atoms with Gasteiger partial charge in [0.05, 0.1) is 5.69 Å². The molecule has 2 rings (SSSR count). The van der Waals surface area contributed by atoms with Crippen LogP contribution in [-0.2, 0) is 0 Å². The first-order valence-electron chi connectivity index (χ1n) is 5.52. The molecule has 0 amide bonds. The van der Waals surface area contributed by atoms with E-state index < -0.39 is 0 Å². The Morgan fingerprint density at radius 2 is 2.07 bits per heavy atom. The molecular weight excluding hydrogens is 191 g/mol. The Labute approximate surface area is 89.7 Å². The molecule has 0 aromatic heterocycles. The molecule has 1 aromatic rings. The van der Waals surface area contributed by atoms with Crippen molar-refractivity contribution in [1.82, 2.24) is 0 Å². The van der Waals surface area contributed by atoms with Crippen molar-refractivity contribution in [1.29, 1.82) is 0 Å². The van der Waals surface area contributed by atoms with Gasteiger partial charge in [-0.2, -0.15) is 0 Å². The molecule has 2 atom stereocenters. The fourth-order valence-corrected chi connectivity index (χ4v) is 2.16. The van der Waals surface area contributed by atoms with Crippen LogP contribution in [0, 0.1) is 5.82 Å². The van der Waals surface area contributed by atoms with Crippen molar-refractivity contribution >= 4 is 5.69 Å². The van der Waals surface area contributed by atoms with Crippen LogP contribution in [0.5, 0.6) is 0 Å². The molecule has 0 spiro atoms. The SMILES string of the molecule is NC1CCCC(Nc2ccccc2F)C1. The Balaban J connectivity index is 1.99. The fourth-order valence-electron chi connectivity index (χ4n) is 2.16. The highest BCUT2D eigenvalue weighted by Gasteiger charge is 2.19. The van der Waals surface area contributed by atoms with Crippen LogP contribution in [-0.4, -0.2) is 12.1 Å². The maximum atomic E-state index is 13.3. The molecule has 0 aliphatic heterocycles. The van der Waals surface area contributed by atoms with Gasteiger partial charge < -0.3 is 11.1 Å². The van der Waals surface area contributed by atoms with E-state index in [0.29, 0.717) is 11.7 Å². The molecule has 2 nitrogen and oxygen atoms in total. The van der Waals surface area contributed by atoms with Gasteiger partial charge in [-0.3, -0.25) is 0 Å². The molecule has 3 heteroatoms. The summed E-state index contributed by atoms with van der Waals surface area (Å²) in [5, 5.41) is 3.22. The topological polar surface area (TPSA) is 38.0 Å². The lowest BCUT2D eigenvalue weighted by Gasteiger charge is -2.28. The third-order valence-electron chi connectivity index (χ3n) is 2.95. The fraction of sp³-hybridized carbons (Fsp3) is 0.500. The molecule has 1 fully saturated rings. The first kappa shape index (κ1) is 10.4. The number of hydrogen-bond acceptors (Lipinski definition) is 2. The lowest BCUT2D eigenvalue weighted by molar-refractivity contribution is 0.408. The van der Waals surface area contributed by atoms with Gasteiger partial charge in [-0.05, 0) is 37.8 Å². The lowest BCUT2D eigenvalue weighted by Crippen LogP contribution is -2.35. The van der Waals surface area contributed by atoms with E-state index >= 15 is 0 Å². The molecule has 3 N–H and O–H groups in total. The van der Waals surface area contributed by atoms with Gasteiger partial charge in [0.1, 0.15) is 5.82 Å². The Bertz CT molecular complexity index is 327. The van der Waals surface area contributed by atoms with Gasteiger partial charge in [0.15, 0.2) is 0 Å². The van der Waals surface area contributed by atoms with Gasteiger partial charge in [-0.15, -0.1) is 0 Å². The Kier molecular flexibility index (Phi) is 3.21. The number of benzene rings is 1. The molecule has 0 saturated heterocycles. The van der Waals surface area contributed by atoms with Gasteiger partial charge in [0.2, 0.25) is 0 Å². The average molecular weight is 208 g/mol. The Hall–Kier alpha value is -1.09. The summed E-state index contributed by atoms with van der Waals surface area (Å²) in [6.45, 7) is 0. The van der Waals surface area contributed by atoms with Crippen molar-refractivity contribution in [3.63, 3.8) is 0 Å². The standard InChI is InChI=1S/C12H17FN2/c13-11-6-1-2-7-12(11)15-10-5-3-4-9(14)8-10/h1-2,6-7,9-10,15H,3-5,8,14H2. The first-order valence-corrected chi connectivity index (χ1v) is 5.52. The van der Waals surface area contributed by atoms with Crippen molar-refractivity contribution in [2.24, 2.45) is 5.73 Å². The van der Waals surface area contributed by atoms with E-state index in [1.165, 1.54) is 6.07 Å². The monoisotopic (exact) mass is 208 g/mol. The number of anilines is 1. The molecule has 0 bridgehead atoms. The summed E-state index contributed by atoms with van der Waals surface area (Å²) in [7, 11) is 0. The van der Waals surface area contributed by atoms with Crippen molar-refractivity contribution in [3.05, 3.63) is 30.1 Å². The van der Waals surface area contributed by atoms with Crippen LogP contribution in [0.1, 0.15) is 25.7 Å². The smallest absolute Gasteiger partial charge is 0.146 e. The van der Waals surface area contributed by atoms with Crippen LogP contribution in [0.4, 0.5) is 10.1 Å². The van der Waals surface area contributed by atoms with Gasteiger partial charge in [-0.25, -0.2) is 4.39 Å². The average Bonchev–Trinajstić information content (AvgIpc) is 2.22. The van der Waals surface area contributed by atoms with Crippen LogP contribution in [0.3, 0.4) is 0 Å². The molecular formula is C12H17FN2. The van der Waals surface area contributed by atoms with E-state index in [2.05, 4.69) is 5.32 Å². The predicted octanol–water partition coefficient (Wildman–Crippen LogP) is 2.51. The van der Waals surface area contributed by atoms with Crippen LogP contribution < -0.4 is 11.1 Å². The summed E-state index contributed by atoms with van der Waals surface area (Å²) >= 11 is 0. The van der Waals surface area contributed by atoms with Gasteiger partial charge in [-0.1, -0.05) is 12.1 Å². The number of rotatable bonds is 2. The number of nitrogens with one attached hydrogen (secondary N) is 1. The van der Waals surface area contributed by atoms with E-state index in [0.717, 1.165) is 25.7 Å². The summed E-state index contributed by atoms with van der Waals surface area (Å²) in [5.74, 6) is -0.184. The highest BCUT2D eigenvalue weighted by atomic mass is 19.1. The zero-order valence-electron chi connectivity index (χ0n) is 8.75. The largest absolute Gasteiger partial charge is 0.380 e. The van der Waals surface area contributed by atoms with Crippen molar-refractivity contribution < 1.29 is 4.39 Å². The van der Waals surface area contributed by atoms with Crippen molar-refractivity contribution in [2.45, 2.75) is 37.8 Å². The molecule has 2 unspecified atom stereocenters. The van der Waals surface area contributed by atoms with Gasteiger partial charge >= 0.3 is 0 Å². The Morgan fingerprint density at radius 3 is 2.80 bits per heavy atom. The zero-order chi connectivity index (χ0) is 10.7. The number of nitrogens with two attached hydrogens (primary N) is 1. The normalized spacial score (nSPS) is 26.3. The van der Waals surface area contributed by atoms with Crippen molar-refractivity contribution in [3.8, 4) is 0 Å². The number of hydrogen-bond donors (Lipinski definition) is 2. The second kappa shape index (κ2) is 4.62. The van der Waals surface area contributed by atoms with E-state index in [4.69, 9.17) is 5.73 Å². The molecule has 1 aliphatic rings. The third-order valence-corrected chi connectivity index (χ3v) is 2.95. The second-order valence-electron chi connectivity index (χ2n) is 4.25. The molecule has 0 heterocycles. The maximum absolute atomic E-state index is 13.3. The predicted molar refractivity (Wildman–Crippen MR) is 60.3 cm³/mol. The summed E-state index contributed by atoms with van der Waals surface area (Å²) in [5.41, 5.74) is 6.48. The number of halogens is 1. The highest BCUT2D eigenvalue weighted by molar-refractivity contribution is 5.45. The van der Waals surface area contributed by atoms with Gasteiger partial charge in [0.25, 0.3) is 0 Å². The second-order valence-corrected chi connectivity index (χ2v) is 4.25. The summed E-state index contributed by atoms with van der Waals surface area (Å²) in [6.07, 6.45) is 4.25. The van der Waals surface area contributed by atoms with E-state index in [1.54, 1.807) is 12.1 Å². The van der Waals surface area contributed by atoms with Crippen molar-refractivity contribution in [2.75, 3.05) is 5.32 Å². The number of para-hydroxylation sites is 1. The first-order chi connectivity index (χ1) is 7.25. The van der Waals surface area contributed by atoms with E-state index in [9.17, 15) is 4.39 Å². The summed E-state index contributed by atoms with van der Waals surface area (Å²) in [4.78, 5) is 0. The minimum absolute atomic E-state index is 0.184. The van der Waals surface area contributed by atoms with Crippen LogP contribution >= 0.6 is 0 Å². The molecule has 1 saturated carbocycles. The van der Waals surface area contributed by atoms with E-state index in [1.807, 2.05) is 6.07 Å². The van der Waals surface area contributed by atoms with Gasteiger partial charge in [0, 0.05) is 12.1 Å². The molecule has 1 aromatic carbocycles. The minimum Gasteiger partial charge on any atom is -0.380 e. The van der Waals surface area contributed by atoms with Crippen LogP contribution in [0.2, 0.25) is 0 Å². The quantitative estimate of drug-likeness (QED) is 0.783. The lowest BCUT2D eigenvalue weighted by atomic mass is 9.91. The summed E-state index contributed by atoms with van der Waals surface area (Å²) in [6, 6.07) is 7.38. The third kappa shape index (κ3) is 2.69. The van der Waals surface area contributed by atoms with Crippen LogP contribution in [0.15, 0.2) is 24.3 Å². The molecule has 0 radical (unpaired) electrons. The minimum atomic E-state index is -0.184.